The van der Waals surface area contributed by atoms with Crippen molar-refractivity contribution in [1.29, 1.82) is 0 Å². The topological polar surface area (TPSA) is 56.8 Å². The second-order valence-electron chi connectivity index (χ2n) is 4.23. The van der Waals surface area contributed by atoms with E-state index < -0.39 is 0 Å². The summed E-state index contributed by atoms with van der Waals surface area (Å²) in [5.74, 6) is 1.63. The van der Waals surface area contributed by atoms with E-state index >= 15 is 0 Å². The van der Waals surface area contributed by atoms with Gasteiger partial charge in [-0.2, -0.15) is 4.98 Å². The van der Waals surface area contributed by atoms with Gasteiger partial charge in [0.15, 0.2) is 5.82 Å². The fraction of sp³-hybridized carbons (Fsp3) is 0.333. The first kappa shape index (κ1) is 11.9. The lowest BCUT2D eigenvalue weighted by Gasteiger charge is -2.25. The van der Waals surface area contributed by atoms with Crippen molar-refractivity contribution < 1.29 is 0 Å². The molecule has 1 fully saturated rings. The highest BCUT2D eigenvalue weighted by atomic mass is 127. The van der Waals surface area contributed by atoms with Gasteiger partial charge in [0, 0.05) is 35.3 Å². The van der Waals surface area contributed by atoms with Crippen LogP contribution in [0.25, 0.3) is 11.4 Å². The molecule has 18 heavy (non-hydrogen) atoms. The predicted molar refractivity (Wildman–Crippen MR) is 79.6 cm³/mol. The van der Waals surface area contributed by atoms with E-state index in [2.05, 4.69) is 60.1 Å². The Balaban J connectivity index is 1.84. The van der Waals surface area contributed by atoms with E-state index in [1.165, 1.54) is 3.57 Å². The first-order valence-corrected chi connectivity index (χ1v) is 7.05. The summed E-state index contributed by atoms with van der Waals surface area (Å²) in [6.07, 6.45) is 0. The molecule has 2 N–H and O–H groups in total. The standard InChI is InChI=1S/C12H14IN5/c13-10-3-1-2-9(8-10)11-15-12(17-16-11)18-6-4-14-5-7-18/h1-3,8,14H,4-7H2,(H,15,16,17). The third-order valence-electron chi connectivity index (χ3n) is 2.97. The lowest BCUT2D eigenvalue weighted by molar-refractivity contribution is 0.580. The van der Waals surface area contributed by atoms with Crippen molar-refractivity contribution in [3.05, 3.63) is 27.8 Å². The molecule has 94 valence electrons. The van der Waals surface area contributed by atoms with Gasteiger partial charge in [-0.25, -0.2) is 0 Å². The minimum Gasteiger partial charge on any atom is -0.337 e. The van der Waals surface area contributed by atoms with Crippen LogP contribution in [0.1, 0.15) is 0 Å². The lowest BCUT2D eigenvalue weighted by Crippen LogP contribution is -2.44. The van der Waals surface area contributed by atoms with Gasteiger partial charge in [-0.3, -0.25) is 5.10 Å². The number of piperazine rings is 1. The van der Waals surface area contributed by atoms with Crippen LogP contribution in [0.4, 0.5) is 5.95 Å². The number of H-pyrrole nitrogens is 1. The fourth-order valence-electron chi connectivity index (χ4n) is 2.02. The summed E-state index contributed by atoms with van der Waals surface area (Å²) in [6.45, 7) is 3.91. The fourth-order valence-corrected chi connectivity index (χ4v) is 2.57. The van der Waals surface area contributed by atoms with E-state index in [1.807, 2.05) is 12.1 Å². The van der Waals surface area contributed by atoms with Crippen LogP contribution >= 0.6 is 22.6 Å². The van der Waals surface area contributed by atoms with Crippen LogP contribution in [0.3, 0.4) is 0 Å². The summed E-state index contributed by atoms with van der Waals surface area (Å²) in [4.78, 5) is 6.77. The number of rotatable bonds is 2. The lowest BCUT2D eigenvalue weighted by atomic mass is 10.2. The average molecular weight is 355 g/mol. The second-order valence-corrected chi connectivity index (χ2v) is 5.48. The zero-order valence-electron chi connectivity index (χ0n) is 9.86. The molecule has 6 heteroatoms. The molecule has 0 spiro atoms. The molecule has 3 rings (SSSR count). The third kappa shape index (κ3) is 2.49. The summed E-state index contributed by atoms with van der Waals surface area (Å²) in [6, 6.07) is 8.24. The van der Waals surface area contributed by atoms with Crippen LogP contribution in [-0.2, 0) is 0 Å². The number of hydrogen-bond donors (Lipinski definition) is 2. The van der Waals surface area contributed by atoms with Crippen LogP contribution in [0.5, 0.6) is 0 Å². The Bertz CT molecular complexity index is 533. The molecule has 2 heterocycles. The minimum atomic E-state index is 0.797. The largest absolute Gasteiger partial charge is 0.337 e. The maximum Gasteiger partial charge on any atom is 0.245 e. The Morgan fingerprint density at radius 1 is 1.22 bits per heavy atom. The van der Waals surface area contributed by atoms with E-state index in [9.17, 15) is 0 Å². The van der Waals surface area contributed by atoms with Crippen LogP contribution in [0.2, 0.25) is 0 Å². The molecule has 1 aliphatic rings. The normalized spacial score (nSPS) is 15.9. The summed E-state index contributed by atoms with van der Waals surface area (Å²) < 4.78 is 1.20. The zero-order chi connectivity index (χ0) is 12.4. The first-order valence-electron chi connectivity index (χ1n) is 5.97. The maximum absolute atomic E-state index is 4.57. The van der Waals surface area contributed by atoms with Crippen molar-refractivity contribution in [2.75, 3.05) is 31.1 Å². The Kier molecular flexibility index (Phi) is 3.46. The quantitative estimate of drug-likeness (QED) is 0.802. The predicted octanol–water partition coefficient (Wildman–Crippen LogP) is 1.49. The molecule has 1 aromatic heterocycles. The van der Waals surface area contributed by atoms with E-state index in [0.29, 0.717) is 0 Å². The first-order chi connectivity index (χ1) is 8.83. The molecule has 0 saturated carbocycles. The third-order valence-corrected chi connectivity index (χ3v) is 3.64. The number of anilines is 1. The number of benzene rings is 1. The number of nitrogens with zero attached hydrogens (tertiary/aromatic N) is 3. The van der Waals surface area contributed by atoms with Crippen molar-refractivity contribution in [3.8, 4) is 11.4 Å². The van der Waals surface area contributed by atoms with Crippen molar-refractivity contribution in [2.45, 2.75) is 0 Å². The van der Waals surface area contributed by atoms with Crippen molar-refractivity contribution in [3.63, 3.8) is 0 Å². The summed E-state index contributed by atoms with van der Waals surface area (Å²) in [5.41, 5.74) is 1.08. The van der Waals surface area contributed by atoms with Crippen molar-refractivity contribution in [1.82, 2.24) is 20.5 Å². The smallest absolute Gasteiger partial charge is 0.245 e. The zero-order valence-corrected chi connectivity index (χ0v) is 12.0. The average Bonchev–Trinajstić information content (AvgIpc) is 2.89. The van der Waals surface area contributed by atoms with Gasteiger partial charge < -0.3 is 10.2 Å². The molecule has 0 amide bonds. The van der Waals surface area contributed by atoms with E-state index in [1.54, 1.807) is 0 Å². The Morgan fingerprint density at radius 2 is 2.06 bits per heavy atom. The number of aromatic amines is 1. The molecule has 0 atom stereocenters. The van der Waals surface area contributed by atoms with Crippen LogP contribution < -0.4 is 10.2 Å². The summed E-state index contributed by atoms with van der Waals surface area (Å²) in [7, 11) is 0. The van der Waals surface area contributed by atoms with Crippen LogP contribution in [0.15, 0.2) is 24.3 Å². The molecule has 1 aliphatic heterocycles. The molecule has 1 aromatic carbocycles. The van der Waals surface area contributed by atoms with Gasteiger partial charge in [0.2, 0.25) is 5.95 Å². The SMILES string of the molecule is Ic1cccc(-c2nc(N3CCNCC3)n[nH]2)c1. The highest BCUT2D eigenvalue weighted by Crippen LogP contribution is 2.19. The molecule has 0 radical (unpaired) electrons. The van der Waals surface area contributed by atoms with Gasteiger partial charge >= 0.3 is 0 Å². The molecular formula is C12H14IN5. The van der Waals surface area contributed by atoms with Gasteiger partial charge in [-0.1, -0.05) is 12.1 Å². The monoisotopic (exact) mass is 355 g/mol. The molecule has 5 nitrogen and oxygen atoms in total. The maximum atomic E-state index is 4.57. The van der Waals surface area contributed by atoms with E-state index in [-0.39, 0.29) is 0 Å². The molecule has 0 bridgehead atoms. The Hall–Kier alpha value is -1.15. The van der Waals surface area contributed by atoms with Gasteiger partial charge in [0.25, 0.3) is 0 Å². The van der Waals surface area contributed by atoms with E-state index in [4.69, 9.17) is 0 Å². The van der Waals surface area contributed by atoms with Crippen LogP contribution in [0, 0.1) is 3.57 Å². The number of nitrogens with one attached hydrogen (secondary N) is 2. The van der Waals surface area contributed by atoms with E-state index in [0.717, 1.165) is 43.5 Å². The number of aromatic nitrogens is 3. The summed E-state index contributed by atoms with van der Waals surface area (Å²) in [5, 5.41) is 10.6. The minimum absolute atomic E-state index is 0.797. The summed E-state index contributed by atoms with van der Waals surface area (Å²) >= 11 is 2.30. The Labute approximate surface area is 119 Å². The number of halogens is 1. The highest BCUT2D eigenvalue weighted by molar-refractivity contribution is 14.1. The highest BCUT2D eigenvalue weighted by Gasteiger charge is 2.15. The molecule has 2 aromatic rings. The molecule has 0 aliphatic carbocycles. The van der Waals surface area contributed by atoms with Crippen LogP contribution in [-0.4, -0.2) is 41.4 Å². The van der Waals surface area contributed by atoms with Crippen molar-refractivity contribution in [2.24, 2.45) is 0 Å². The Morgan fingerprint density at radius 3 is 2.83 bits per heavy atom. The molecule has 0 unspecified atom stereocenters. The molecular weight excluding hydrogens is 341 g/mol. The molecule has 1 saturated heterocycles. The van der Waals surface area contributed by atoms with Gasteiger partial charge in [0.05, 0.1) is 0 Å². The van der Waals surface area contributed by atoms with Gasteiger partial charge in [-0.15, -0.1) is 5.10 Å². The number of hydrogen-bond acceptors (Lipinski definition) is 4. The van der Waals surface area contributed by atoms with Gasteiger partial charge in [-0.05, 0) is 34.7 Å². The van der Waals surface area contributed by atoms with Gasteiger partial charge in [0.1, 0.15) is 0 Å². The van der Waals surface area contributed by atoms with Crippen molar-refractivity contribution >= 4 is 28.5 Å². The second kappa shape index (κ2) is 5.23.